The minimum atomic E-state index is -0.542. The van der Waals surface area contributed by atoms with Crippen molar-refractivity contribution in [2.24, 2.45) is 0 Å². The molecule has 0 aliphatic carbocycles. The molecule has 1 saturated heterocycles. The quantitative estimate of drug-likeness (QED) is 0.465. The topological polar surface area (TPSA) is 91.0 Å². The van der Waals surface area contributed by atoms with Crippen molar-refractivity contribution in [3.63, 3.8) is 0 Å². The number of nitrogens with one attached hydrogen (secondary N) is 2. The first-order valence-electron chi connectivity index (χ1n) is 11.2. The monoisotopic (exact) mass is 457 g/mol. The van der Waals surface area contributed by atoms with Crippen LogP contribution in [0.4, 0.5) is 4.39 Å². The second-order valence-corrected chi connectivity index (χ2v) is 8.51. The molecule has 3 heterocycles. The molecule has 1 amide bonds. The largest absolute Gasteiger partial charge is 0.337 e. The summed E-state index contributed by atoms with van der Waals surface area (Å²) in [6.07, 6.45) is 4.72. The zero-order valence-electron chi connectivity index (χ0n) is 18.5. The van der Waals surface area contributed by atoms with Crippen LogP contribution in [0.5, 0.6) is 0 Å². The van der Waals surface area contributed by atoms with Crippen LogP contribution < -0.4 is 10.9 Å². The Kier molecular flexibility index (Phi) is 6.14. The van der Waals surface area contributed by atoms with Crippen molar-refractivity contribution in [2.75, 3.05) is 13.1 Å². The molecule has 7 nitrogen and oxygen atoms in total. The van der Waals surface area contributed by atoms with Crippen LogP contribution in [0.25, 0.3) is 10.8 Å². The number of hydrogen-bond donors (Lipinski definition) is 2. The summed E-state index contributed by atoms with van der Waals surface area (Å²) in [5.74, 6) is -0.857. The van der Waals surface area contributed by atoms with E-state index < -0.39 is 5.82 Å². The molecule has 2 aromatic heterocycles. The van der Waals surface area contributed by atoms with Gasteiger partial charge in [0.25, 0.3) is 11.5 Å². The lowest BCUT2D eigenvalue weighted by molar-refractivity contribution is 0.0784. The number of amides is 1. The molecule has 0 bridgehead atoms. The Balaban J connectivity index is 1.30. The van der Waals surface area contributed by atoms with Crippen LogP contribution >= 0.6 is 0 Å². The van der Waals surface area contributed by atoms with Crippen LogP contribution in [0.2, 0.25) is 0 Å². The Morgan fingerprint density at radius 3 is 2.79 bits per heavy atom. The maximum absolute atomic E-state index is 14.7. The van der Waals surface area contributed by atoms with Gasteiger partial charge in [0.15, 0.2) is 0 Å². The van der Waals surface area contributed by atoms with Gasteiger partial charge in [-0.15, -0.1) is 0 Å². The predicted octanol–water partition coefficient (Wildman–Crippen LogP) is 3.05. The standard InChI is InChI=1S/C26H24FN5O2/c27-23-8-7-17(13-24-20-5-1-2-6-21(20)25(33)31-30-24)12-22(23)26(34)32-11-9-19(16-32)29-15-18-4-3-10-28-14-18/h1-8,10,12,14,19,29H,9,11,13,15-16H2,(H,31,33)/t19-/m0/s1. The zero-order chi connectivity index (χ0) is 23.5. The Hall–Kier alpha value is -3.91. The molecule has 4 aromatic rings. The van der Waals surface area contributed by atoms with Gasteiger partial charge in [0.2, 0.25) is 0 Å². The van der Waals surface area contributed by atoms with E-state index in [4.69, 9.17) is 0 Å². The molecular formula is C26H24FN5O2. The average molecular weight is 458 g/mol. The number of likely N-dealkylation sites (tertiary alicyclic amines) is 1. The van der Waals surface area contributed by atoms with Gasteiger partial charge in [0.05, 0.1) is 16.6 Å². The molecule has 8 heteroatoms. The van der Waals surface area contributed by atoms with Crippen molar-refractivity contribution >= 4 is 16.7 Å². The van der Waals surface area contributed by atoms with Crippen LogP contribution in [0, 0.1) is 5.82 Å². The van der Waals surface area contributed by atoms with E-state index in [-0.39, 0.29) is 23.1 Å². The Morgan fingerprint density at radius 2 is 1.97 bits per heavy atom. The number of pyridine rings is 1. The summed E-state index contributed by atoms with van der Waals surface area (Å²) in [7, 11) is 0. The van der Waals surface area contributed by atoms with Crippen molar-refractivity contribution in [3.05, 3.63) is 106 Å². The molecule has 1 atom stereocenters. The first-order chi connectivity index (χ1) is 16.6. The van der Waals surface area contributed by atoms with E-state index in [1.54, 1.807) is 35.4 Å². The molecule has 1 fully saturated rings. The molecule has 0 saturated carbocycles. The molecule has 34 heavy (non-hydrogen) atoms. The third kappa shape index (κ3) is 4.58. The number of nitrogens with zero attached hydrogens (tertiary/aromatic N) is 3. The van der Waals surface area contributed by atoms with Crippen molar-refractivity contribution in [2.45, 2.75) is 25.4 Å². The van der Waals surface area contributed by atoms with Crippen LogP contribution in [0.1, 0.15) is 33.6 Å². The van der Waals surface area contributed by atoms with E-state index in [1.807, 2.05) is 30.5 Å². The van der Waals surface area contributed by atoms with E-state index >= 15 is 0 Å². The van der Waals surface area contributed by atoms with Gasteiger partial charge in [-0.25, -0.2) is 9.49 Å². The smallest absolute Gasteiger partial charge is 0.272 e. The van der Waals surface area contributed by atoms with E-state index in [0.717, 1.165) is 22.9 Å². The molecule has 172 valence electrons. The minimum Gasteiger partial charge on any atom is -0.337 e. The SMILES string of the molecule is O=C(c1cc(Cc2n[nH]c(=O)c3ccccc23)ccc1F)N1CC[C@H](NCc2cccnc2)C1. The number of carbonyl (C=O) groups excluding carboxylic acids is 1. The summed E-state index contributed by atoms with van der Waals surface area (Å²) >= 11 is 0. The number of aromatic nitrogens is 3. The summed E-state index contributed by atoms with van der Waals surface area (Å²) in [6, 6.07) is 15.8. The van der Waals surface area contributed by atoms with E-state index in [9.17, 15) is 14.0 Å². The highest BCUT2D eigenvalue weighted by Gasteiger charge is 2.28. The van der Waals surface area contributed by atoms with E-state index in [1.165, 1.54) is 6.07 Å². The van der Waals surface area contributed by atoms with Crippen LogP contribution in [-0.2, 0) is 13.0 Å². The number of halogens is 1. The number of hydrogen-bond acceptors (Lipinski definition) is 5. The number of carbonyl (C=O) groups is 1. The lowest BCUT2D eigenvalue weighted by Gasteiger charge is -2.18. The third-order valence-electron chi connectivity index (χ3n) is 6.20. The third-order valence-corrected chi connectivity index (χ3v) is 6.20. The summed E-state index contributed by atoms with van der Waals surface area (Å²) in [5, 5.41) is 11.5. The van der Waals surface area contributed by atoms with Gasteiger partial charge >= 0.3 is 0 Å². The molecule has 0 spiro atoms. The van der Waals surface area contributed by atoms with Gasteiger partial charge in [-0.05, 0) is 41.8 Å². The maximum Gasteiger partial charge on any atom is 0.272 e. The molecule has 1 aliphatic heterocycles. The van der Waals surface area contributed by atoms with Crippen molar-refractivity contribution in [3.8, 4) is 0 Å². The van der Waals surface area contributed by atoms with Gasteiger partial charge < -0.3 is 10.2 Å². The first kappa shape index (κ1) is 21.9. The van der Waals surface area contributed by atoms with Crippen molar-refractivity contribution in [1.29, 1.82) is 0 Å². The molecule has 5 rings (SSSR count). The van der Waals surface area contributed by atoms with E-state index in [0.29, 0.717) is 37.1 Å². The highest BCUT2D eigenvalue weighted by atomic mass is 19.1. The number of aromatic amines is 1. The lowest BCUT2D eigenvalue weighted by Crippen LogP contribution is -2.35. The van der Waals surface area contributed by atoms with Crippen LogP contribution in [-0.4, -0.2) is 45.1 Å². The fourth-order valence-corrected chi connectivity index (χ4v) is 4.39. The van der Waals surface area contributed by atoms with Gasteiger partial charge in [-0.3, -0.25) is 14.6 Å². The minimum absolute atomic E-state index is 0.0548. The lowest BCUT2D eigenvalue weighted by atomic mass is 10.0. The van der Waals surface area contributed by atoms with Crippen molar-refractivity contribution < 1.29 is 9.18 Å². The summed E-state index contributed by atoms with van der Waals surface area (Å²) in [4.78, 5) is 31.0. The Bertz CT molecular complexity index is 1390. The maximum atomic E-state index is 14.7. The number of benzene rings is 2. The predicted molar refractivity (Wildman–Crippen MR) is 127 cm³/mol. The molecule has 1 aliphatic rings. The number of H-pyrrole nitrogens is 1. The van der Waals surface area contributed by atoms with Crippen LogP contribution in [0.15, 0.2) is 71.8 Å². The first-order valence-corrected chi connectivity index (χ1v) is 11.2. The summed E-state index contributed by atoms with van der Waals surface area (Å²) in [5.41, 5.74) is 2.30. The second-order valence-electron chi connectivity index (χ2n) is 8.51. The fourth-order valence-electron chi connectivity index (χ4n) is 4.39. The Morgan fingerprint density at radius 1 is 1.12 bits per heavy atom. The van der Waals surface area contributed by atoms with Crippen molar-refractivity contribution in [1.82, 2.24) is 25.4 Å². The summed E-state index contributed by atoms with van der Waals surface area (Å²) < 4.78 is 14.7. The molecular weight excluding hydrogens is 433 g/mol. The van der Waals surface area contributed by atoms with E-state index in [2.05, 4.69) is 20.5 Å². The molecule has 0 unspecified atom stereocenters. The van der Waals surface area contributed by atoms with Crippen LogP contribution in [0.3, 0.4) is 0 Å². The normalized spacial score (nSPS) is 15.7. The highest BCUT2D eigenvalue weighted by molar-refractivity contribution is 5.95. The fraction of sp³-hybridized carbons (Fsp3) is 0.231. The zero-order valence-corrected chi connectivity index (χ0v) is 18.5. The van der Waals surface area contributed by atoms with Gasteiger partial charge in [-0.2, -0.15) is 5.10 Å². The molecule has 0 radical (unpaired) electrons. The average Bonchev–Trinajstić information content (AvgIpc) is 3.35. The van der Waals surface area contributed by atoms with Gasteiger partial charge in [0.1, 0.15) is 5.82 Å². The van der Waals surface area contributed by atoms with Gasteiger partial charge in [-0.1, -0.05) is 30.3 Å². The Labute approximate surface area is 195 Å². The molecule has 2 aromatic carbocycles. The molecule has 2 N–H and O–H groups in total. The number of fused-ring (bicyclic) bond motifs is 1. The second kappa shape index (κ2) is 9.52. The highest BCUT2D eigenvalue weighted by Crippen LogP contribution is 2.21. The van der Waals surface area contributed by atoms with Gasteiger partial charge in [0, 0.05) is 49.9 Å². The number of rotatable bonds is 6. The summed E-state index contributed by atoms with van der Waals surface area (Å²) in [6.45, 7) is 1.76.